The molecule has 5 heteroatoms. The van der Waals surface area contributed by atoms with E-state index in [-0.39, 0.29) is 13.2 Å². The van der Waals surface area contributed by atoms with Crippen molar-refractivity contribution in [3.8, 4) is 0 Å². The normalized spacial score (nSPS) is 11.1. The van der Waals surface area contributed by atoms with E-state index in [1.165, 1.54) is 0 Å². The van der Waals surface area contributed by atoms with Gasteiger partial charge < -0.3 is 15.5 Å². The van der Waals surface area contributed by atoms with Crippen LogP contribution >= 0.6 is 15.9 Å². The summed E-state index contributed by atoms with van der Waals surface area (Å²) in [6.07, 6.45) is 1.70. The maximum absolute atomic E-state index is 9.05. The first kappa shape index (κ1) is 12.3. The maximum Gasteiger partial charge on any atom is 0.134 e. The number of anilines is 1. The average Bonchev–Trinajstić information content (AvgIpc) is 2.37. The Bertz CT molecular complexity index is 515. The Labute approximate surface area is 107 Å². The van der Waals surface area contributed by atoms with E-state index in [4.69, 9.17) is 10.2 Å². The summed E-state index contributed by atoms with van der Waals surface area (Å²) in [7, 11) is 0. The van der Waals surface area contributed by atoms with E-state index in [0.29, 0.717) is 5.82 Å². The molecule has 0 radical (unpaired) electrons. The minimum atomic E-state index is -0.396. The monoisotopic (exact) mass is 296 g/mol. The van der Waals surface area contributed by atoms with Gasteiger partial charge in [-0.1, -0.05) is 28.1 Å². The van der Waals surface area contributed by atoms with Crippen LogP contribution in [0.2, 0.25) is 0 Å². The molecule has 4 nitrogen and oxygen atoms in total. The number of aromatic nitrogens is 1. The van der Waals surface area contributed by atoms with Gasteiger partial charge in [0.1, 0.15) is 5.82 Å². The molecule has 0 saturated heterocycles. The number of halogens is 1. The van der Waals surface area contributed by atoms with Gasteiger partial charge in [0, 0.05) is 21.4 Å². The summed E-state index contributed by atoms with van der Waals surface area (Å²) in [5.41, 5.74) is 0. The zero-order chi connectivity index (χ0) is 12.3. The van der Waals surface area contributed by atoms with Gasteiger partial charge >= 0.3 is 0 Å². The summed E-state index contributed by atoms with van der Waals surface area (Å²) in [4.78, 5) is 4.23. The molecule has 1 aromatic carbocycles. The first-order chi connectivity index (χ1) is 8.26. The van der Waals surface area contributed by atoms with Crippen molar-refractivity contribution in [1.29, 1.82) is 0 Å². The van der Waals surface area contributed by atoms with Gasteiger partial charge in [0.25, 0.3) is 0 Å². The number of aliphatic hydroxyl groups excluding tert-OH is 2. The zero-order valence-corrected chi connectivity index (χ0v) is 10.7. The third-order valence-electron chi connectivity index (χ3n) is 2.53. The van der Waals surface area contributed by atoms with E-state index in [0.717, 1.165) is 15.2 Å². The van der Waals surface area contributed by atoms with Crippen molar-refractivity contribution < 1.29 is 10.2 Å². The van der Waals surface area contributed by atoms with Crippen LogP contribution in [0.25, 0.3) is 10.8 Å². The number of hydrogen-bond donors (Lipinski definition) is 3. The van der Waals surface area contributed by atoms with E-state index in [2.05, 4.69) is 26.2 Å². The highest BCUT2D eigenvalue weighted by atomic mass is 79.9. The molecule has 1 aromatic heterocycles. The lowest BCUT2D eigenvalue weighted by Crippen LogP contribution is -2.28. The number of hydrogen-bond acceptors (Lipinski definition) is 4. The van der Waals surface area contributed by atoms with Gasteiger partial charge in [-0.3, -0.25) is 0 Å². The van der Waals surface area contributed by atoms with Gasteiger partial charge in [0.2, 0.25) is 0 Å². The SMILES string of the molecule is OCC(CO)Nc1nccc2c(Br)cccc12. The summed E-state index contributed by atoms with van der Waals surface area (Å²) in [6.45, 7) is -0.273. The van der Waals surface area contributed by atoms with Gasteiger partial charge in [-0.15, -0.1) is 0 Å². The lowest BCUT2D eigenvalue weighted by atomic mass is 10.1. The second-order valence-electron chi connectivity index (χ2n) is 3.70. The van der Waals surface area contributed by atoms with Gasteiger partial charge in [-0.2, -0.15) is 0 Å². The number of nitrogens with one attached hydrogen (secondary N) is 1. The van der Waals surface area contributed by atoms with E-state index in [1.807, 2.05) is 24.3 Å². The smallest absolute Gasteiger partial charge is 0.134 e. The number of fused-ring (bicyclic) bond motifs is 1. The van der Waals surface area contributed by atoms with Crippen LogP contribution < -0.4 is 5.32 Å². The highest BCUT2D eigenvalue weighted by Gasteiger charge is 2.09. The molecule has 0 spiro atoms. The molecular formula is C12H13BrN2O2. The highest BCUT2D eigenvalue weighted by molar-refractivity contribution is 9.10. The third kappa shape index (κ3) is 2.57. The first-order valence-electron chi connectivity index (χ1n) is 5.27. The predicted molar refractivity (Wildman–Crippen MR) is 71.0 cm³/mol. The van der Waals surface area contributed by atoms with Crippen LogP contribution in [0.5, 0.6) is 0 Å². The van der Waals surface area contributed by atoms with Crippen LogP contribution in [0.15, 0.2) is 34.9 Å². The molecule has 0 amide bonds. The average molecular weight is 297 g/mol. The Morgan fingerprint density at radius 3 is 2.65 bits per heavy atom. The van der Waals surface area contributed by atoms with Crippen LogP contribution in [0.3, 0.4) is 0 Å². The third-order valence-corrected chi connectivity index (χ3v) is 3.23. The van der Waals surface area contributed by atoms with Gasteiger partial charge in [-0.05, 0) is 12.1 Å². The quantitative estimate of drug-likeness (QED) is 0.804. The minimum Gasteiger partial charge on any atom is -0.394 e. The second-order valence-corrected chi connectivity index (χ2v) is 4.56. The van der Waals surface area contributed by atoms with Crippen LogP contribution in [-0.4, -0.2) is 34.5 Å². The predicted octanol–water partition coefficient (Wildman–Crippen LogP) is 1.76. The van der Waals surface area contributed by atoms with Crippen molar-refractivity contribution in [3.63, 3.8) is 0 Å². The molecule has 2 rings (SSSR count). The lowest BCUT2D eigenvalue weighted by Gasteiger charge is -2.15. The molecule has 90 valence electrons. The molecule has 2 aromatic rings. The minimum absolute atomic E-state index is 0.136. The fraction of sp³-hybridized carbons (Fsp3) is 0.250. The van der Waals surface area contributed by atoms with E-state index in [9.17, 15) is 0 Å². The van der Waals surface area contributed by atoms with Gasteiger partial charge in [0.15, 0.2) is 0 Å². The molecule has 0 aliphatic heterocycles. The molecule has 3 N–H and O–H groups in total. The molecule has 0 unspecified atom stereocenters. The number of nitrogens with zero attached hydrogens (tertiary/aromatic N) is 1. The molecule has 0 aliphatic rings. The molecule has 0 aliphatic carbocycles. The number of benzene rings is 1. The van der Waals surface area contributed by atoms with Crippen molar-refractivity contribution in [3.05, 3.63) is 34.9 Å². The standard InChI is InChI=1S/C12H13BrN2O2/c13-11-3-1-2-10-9(11)4-5-14-12(10)15-8(6-16)7-17/h1-5,8,16-17H,6-7H2,(H,14,15). The Morgan fingerprint density at radius 1 is 1.18 bits per heavy atom. The number of aliphatic hydroxyl groups is 2. The Morgan fingerprint density at radius 2 is 1.94 bits per heavy atom. The molecule has 0 fully saturated rings. The van der Waals surface area contributed by atoms with E-state index < -0.39 is 6.04 Å². The summed E-state index contributed by atoms with van der Waals surface area (Å²) in [5, 5.41) is 23.1. The second kappa shape index (κ2) is 5.44. The van der Waals surface area contributed by atoms with Gasteiger partial charge in [0.05, 0.1) is 19.3 Å². The van der Waals surface area contributed by atoms with Crippen molar-refractivity contribution in [2.45, 2.75) is 6.04 Å². The Hall–Kier alpha value is -1.17. The largest absolute Gasteiger partial charge is 0.394 e. The lowest BCUT2D eigenvalue weighted by molar-refractivity contribution is 0.203. The van der Waals surface area contributed by atoms with Crippen molar-refractivity contribution >= 4 is 32.5 Å². The highest BCUT2D eigenvalue weighted by Crippen LogP contribution is 2.27. The Balaban J connectivity index is 2.44. The number of rotatable bonds is 4. The fourth-order valence-corrected chi connectivity index (χ4v) is 2.12. The molecule has 0 atom stereocenters. The summed E-state index contributed by atoms with van der Waals surface area (Å²) in [6, 6.07) is 7.35. The number of pyridine rings is 1. The van der Waals surface area contributed by atoms with Crippen LogP contribution in [0.4, 0.5) is 5.82 Å². The molecule has 0 bridgehead atoms. The summed E-state index contributed by atoms with van der Waals surface area (Å²) >= 11 is 3.48. The van der Waals surface area contributed by atoms with Crippen LogP contribution in [-0.2, 0) is 0 Å². The molecule has 1 heterocycles. The molecular weight excluding hydrogens is 284 g/mol. The van der Waals surface area contributed by atoms with Crippen LogP contribution in [0, 0.1) is 0 Å². The van der Waals surface area contributed by atoms with Crippen LogP contribution in [0.1, 0.15) is 0 Å². The zero-order valence-electron chi connectivity index (χ0n) is 9.10. The van der Waals surface area contributed by atoms with Crippen molar-refractivity contribution in [2.75, 3.05) is 18.5 Å². The Kier molecular flexibility index (Phi) is 3.93. The fourth-order valence-electron chi connectivity index (χ4n) is 1.63. The maximum atomic E-state index is 9.05. The van der Waals surface area contributed by atoms with Gasteiger partial charge in [-0.25, -0.2) is 4.98 Å². The van der Waals surface area contributed by atoms with Crippen molar-refractivity contribution in [2.24, 2.45) is 0 Å². The molecule has 17 heavy (non-hydrogen) atoms. The topological polar surface area (TPSA) is 65.4 Å². The van der Waals surface area contributed by atoms with E-state index in [1.54, 1.807) is 6.20 Å². The summed E-state index contributed by atoms with van der Waals surface area (Å²) in [5.74, 6) is 0.664. The summed E-state index contributed by atoms with van der Waals surface area (Å²) < 4.78 is 0.991. The molecule has 0 saturated carbocycles. The first-order valence-corrected chi connectivity index (χ1v) is 6.07. The van der Waals surface area contributed by atoms with E-state index >= 15 is 0 Å². The van der Waals surface area contributed by atoms with Crippen molar-refractivity contribution in [1.82, 2.24) is 4.98 Å².